The molecule has 0 amide bonds. The van der Waals surface area contributed by atoms with Crippen molar-refractivity contribution < 1.29 is 16.8 Å². The minimum atomic E-state index is -3.86. The summed E-state index contributed by atoms with van der Waals surface area (Å²) in [4.78, 5) is 3.65. The third-order valence-electron chi connectivity index (χ3n) is 1.66. The van der Waals surface area contributed by atoms with E-state index >= 15 is 0 Å². The van der Waals surface area contributed by atoms with Crippen molar-refractivity contribution in [3.63, 3.8) is 0 Å². The van der Waals surface area contributed by atoms with Gasteiger partial charge in [0.15, 0.2) is 14.9 Å². The van der Waals surface area contributed by atoms with Crippen LogP contribution >= 0.6 is 38.2 Å². The lowest BCUT2D eigenvalue weighted by atomic mass is 10.5. The Kier molecular flexibility index (Phi) is 4.81. The number of hydrogen-bond donors (Lipinski definition) is 0. The smallest absolute Gasteiger partial charge is 0.233 e. The third kappa shape index (κ3) is 4.70. The average molecular weight is 383 g/mol. The van der Waals surface area contributed by atoms with Gasteiger partial charge in [0.2, 0.25) is 9.05 Å². The lowest BCUT2D eigenvalue weighted by Crippen LogP contribution is -2.15. The number of halogens is 3. The summed E-state index contributed by atoms with van der Waals surface area (Å²) in [5.74, 6) is -1.31. The molecular weight excluding hydrogens is 377 g/mol. The monoisotopic (exact) mass is 381 g/mol. The van der Waals surface area contributed by atoms with Crippen molar-refractivity contribution in [3.8, 4) is 0 Å². The van der Waals surface area contributed by atoms with Gasteiger partial charge in [0.1, 0.15) is 0 Å². The number of sulfone groups is 1. The summed E-state index contributed by atoms with van der Waals surface area (Å²) >= 11 is 8.61. The second-order valence-electron chi connectivity index (χ2n) is 3.00. The lowest BCUT2D eigenvalue weighted by Gasteiger charge is -2.04. The van der Waals surface area contributed by atoms with Gasteiger partial charge < -0.3 is 0 Å². The van der Waals surface area contributed by atoms with E-state index in [2.05, 4.69) is 20.9 Å². The molecule has 0 fully saturated rings. The summed E-state index contributed by atoms with van der Waals surface area (Å²) < 4.78 is 45.1. The highest BCUT2D eigenvalue weighted by Gasteiger charge is 2.22. The predicted octanol–water partition coefficient (Wildman–Crippen LogP) is 1.84. The number of rotatable bonds is 4. The van der Waals surface area contributed by atoms with Crippen LogP contribution in [0.15, 0.2) is 21.8 Å². The summed E-state index contributed by atoms with van der Waals surface area (Å²) in [5.41, 5.74) is 0. The number of pyridine rings is 1. The second kappa shape index (κ2) is 5.40. The molecule has 0 unspecified atom stereocenters. The molecule has 0 atom stereocenters. The molecule has 0 aliphatic rings. The predicted molar refractivity (Wildman–Crippen MR) is 68.6 cm³/mol. The molecule has 5 nitrogen and oxygen atoms in total. The fourth-order valence-corrected chi connectivity index (χ4v) is 5.32. The van der Waals surface area contributed by atoms with Crippen LogP contribution in [0.2, 0.25) is 5.02 Å². The Hall–Kier alpha value is 0.110. The minimum absolute atomic E-state index is 0.178. The van der Waals surface area contributed by atoms with Gasteiger partial charge in [-0.05, 0) is 22.0 Å². The van der Waals surface area contributed by atoms with Crippen molar-refractivity contribution in [2.75, 3.05) is 11.5 Å². The summed E-state index contributed by atoms with van der Waals surface area (Å²) in [5, 5.41) is 0.00278. The van der Waals surface area contributed by atoms with Gasteiger partial charge in [0.05, 0.1) is 21.0 Å². The standard InChI is InChI=1S/C7H6BrCl2NO4S2/c8-6-3-5(9)4-11-7(6)16(12,13)1-2-17(10,14)15/h3-4H,1-2H2. The van der Waals surface area contributed by atoms with Crippen LogP contribution in [0.25, 0.3) is 0 Å². The SMILES string of the molecule is O=S(=O)(Cl)CCS(=O)(=O)c1ncc(Cl)cc1Br. The van der Waals surface area contributed by atoms with Crippen LogP contribution in [0.3, 0.4) is 0 Å². The van der Waals surface area contributed by atoms with Gasteiger partial charge >= 0.3 is 0 Å². The molecule has 0 saturated heterocycles. The van der Waals surface area contributed by atoms with Gasteiger partial charge in [0, 0.05) is 16.9 Å². The van der Waals surface area contributed by atoms with Crippen LogP contribution in [-0.4, -0.2) is 33.3 Å². The van der Waals surface area contributed by atoms with Crippen LogP contribution in [0, 0.1) is 0 Å². The first-order valence-corrected chi connectivity index (χ1v) is 9.38. The Bertz CT molecular complexity index is 629. The van der Waals surface area contributed by atoms with E-state index in [0.29, 0.717) is 0 Å². The molecule has 1 rings (SSSR count). The van der Waals surface area contributed by atoms with Gasteiger partial charge in [-0.1, -0.05) is 11.6 Å². The quantitative estimate of drug-likeness (QED) is 0.742. The fraction of sp³-hybridized carbons (Fsp3) is 0.286. The zero-order valence-corrected chi connectivity index (χ0v) is 12.8. The Morgan fingerprint density at radius 3 is 2.29 bits per heavy atom. The molecule has 0 radical (unpaired) electrons. The fourth-order valence-electron chi connectivity index (χ4n) is 0.937. The summed E-state index contributed by atoms with van der Waals surface area (Å²) in [7, 11) is -2.74. The van der Waals surface area contributed by atoms with E-state index in [1.807, 2.05) is 0 Å². The van der Waals surface area contributed by atoms with Crippen molar-refractivity contribution in [1.29, 1.82) is 0 Å². The average Bonchev–Trinajstić information content (AvgIpc) is 2.13. The Labute approximate surface area is 117 Å². The lowest BCUT2D eigenvalue weighted by molar-refractivity contribution is 0.589. The van der Waals surface area contributed by atoms with Crippen molar-refractivity contribution in [2.45, 2.75) is 5.03 Å². The Morgan fingerprint density at radius 1 is 1.24 bits per heavy atom. The highest BCUT2D eigenvalue weighted by Crippen LogP contribution is 2.24. The highest BCUT2D eigenvalue weighted by molar-refractivity contribution is 9.10. The molecule has 96 valence electrons. The summed E-state index contributed by atoms with van der Waals surface area (Å²) in [6.07, 6.45) is 1.16. The van der Waals surface area contributed by atoms with E-state index in [9.17, 15) is 16.8 Å². The minimum Gasteiger partial charge on any atom is -0.242 e. The summed E-state index contributed by atoms with van der Waals surface area (Å²) in [6, 6.07) is 1.36. The normalized spacial score (nSPS) is 12.6. The van der Waals surface area contributed by atoms with E-state index < -0.39 is 30.4 Å². The van der Waals surface area contributed by atoms with Crippen molar-refractivity contribution in [3.05, 3.63) is 21.8 Å². The van der Waals surface area contributed by atoms with E-state index in [1.54, 1.807) is 0 Å². The molecule has 10 heteroatoms. The van der Waals surface area contributed by atoms with Gasteiger partial charge in [-0.25, -0.2) is 21.8 Å². The molecule has 1 aromatic heterocycles. The van der Waals surface area contributed by atoms with Crippen LogP contribution in [-0.2, 0) is 18.9 Å². The van der Waals surface area contributed by atoms with Gasteiger partial charge in [-0.2, -0.15) is 0 Å². The first-order chi connectivity index (χ1) is 7.62. The van der Waals surface area contributed by atoms with E-state index in [4.69, 9.17) is 22.3 Å². The van der Waals surface area contributed by atoms with Crippen molar-refractivity contribution in [2.24, 2.45) is 0 Å². The molecule has 0 N–H and O–H groups in total. The Morgan fingerprint density at radius 2 is 1.82 bits per heavy atom. The van der Waals surface area contributed by atoms with E-state index in [1.165, 1.54) is 6.07 Å². The van der Waals surface area contributed by atoms with Crippen molar-refractivity contribution in [1.82, 2.24) is 4.98 Å². The first kappa shape index (κ1) is 15.2. The van der Waals surface area contributed by atoms with Crippen LogP contribution < -0.4 is 0 Å². The van der Waals surface area contributed by atoms with Gasteiger partial charge in [-0.3, -0.25) is 0 Å². The maximum atomic E-state index is 11.8. The number of hydrogen-bond acceptors (Lipinski definition) is 5. The maximum absolute atomic E-state index is 11.8. The zero-order chi connectivity index (χ0) is 13.3. The number of aromatic nitrogens is 1. The molecule has 0 bridgehead atoms. The third-order valence-corrected chi connectivity index (χ3v) is 5.81. The molecule has 0 aliphatic carbocycles. The molecule has 1 heterocycles. The highest BCUT2D eigenvalue weighted by atomic mass is 79.9. The van der Waals surface area contributed by atoms with Crippen LogP contribution in [0.1, 0.15) is 0 Å². The zero-order valence-electron chi connectivity index (χ0n) is 8.10. The molecular formula is C7H6BrCl2NO4S2. The topological polar surface area (TPSA) is 81.2 Å². The number of nitrogens with zero attached hydrogens (tertiary/aromatic N) is 1. The van der Waals surface area contributed by atoms with Gasteiger partial charge in [0.25, 0.3) is 0 Å². The van der Waals surface area contributed by atoms with Crippen molar-refractivity contribution >= 4 is 57.1 Å². The molecule has 0 aromatic carbocycles. The van der Waals surface area contributed by atoms with E-state index in [0.717, 1.165) is 6.20 Å². The molecule has 0 aliphatic heterocycles. The Balaban J connectivity index is 3.06. The molecule has 0 spiro atoms. The molecule has 17 heavy (non-hydrogen) atoms. The largest absolute Gasteiger partial charge is 0.242 e. The second-order valence-corrected chi connectivity index (χ2v) is 9.21. The molecule has 0 saturated carbocycles. The summed E-state index contributed by atoms with van der Waals surface area (Å²) in [6.45, 7) is 0. The molecule has 1 aromatic rings. The van der Waals surface area contributed by atoms with Crippen LogP contribution in [0.4, 0.5) is 0 Å². The maximum Gasteiger partial charge on any atom is 0.233 e. The first-order valence-electron chi connectivity index (χ1n) is 4.08. The van der Waals surface area contributed by atoms with Gasteiger partial charge in [-0.15, -0.1) is 0 Å². The van der Waals surface area contributed by atoms with E-state index in [-0.39, 0.29) is 14.5 Å². The van der Waals surface area contributed by atoms with Crippen LogP contribution in [0.5, 0.6) is 0 Å².